The highest BCUT2D eigenvalue weighted by molar-refractivity contribution is 5.94. The number of carbonyl (C=O) groups excluding carboxylic acids is 1. The van der Waals surface area contributed by atoms with Gasteiger partial charge in [-0.1, -0.05) is 12.1 Å². The molecule has 0 unspecified atom stereocenters. The zero-order valence-electron chi connectivity index (χ0n) is 17.3. The monoisotopic (exact) mass is 408 g/mol. The maximum Gasteiger partial charge on any atom is 0.284 e. The van der Waals surface area contributed by atoms with Crippen LogP contribution in [0.2, 0.25) is 0 Å². The summed E-state index contributed by atoms with van der Waals surface area (Å²) in [5.74, 6) is -0.461. The molecular weight excluding hydrogens is 384 g/mol. The third kappa shape index (κ3) is 3.71. The fourth-order valence-corrected chi connectivity index (χ4v) is 3.55. The van der Waals surface area contributed by atoms with Gasteiger partial charge in [0.2, 0.25) is 0 Å². The van der Waals surface area contributed by atoms with Crippen LogP contribution < -0.4 is 15.8 Å². The van der Waals surface area contributed by atoms with Gasteiger partial charge < -0.3 is 15.0 Å². The average Bonchev–Trinajstić information content (AvgIpc) is 3.34. The summed E-state index contributed by atoms with van der Waals surface area (Å²) in [5.41, 5.74) is 3.81. The second kappa shape index (κ2) is 8.11. The number of fused-ring (bicyclic) bond motifs is 1. The molecule has 30 heavy (non-hydrogen) atoms. The zero-order valence-corrected chi connectivity index (χ0v) is 17.3. The Labute approximate surface area is 173 Å². The van der Waals surface area contributed by atoms with Crippen molar-refractivity contribution in [3.63, 3.8) is 0 Å². The SMILES string of the molecule is COCCNC(=O)c1cc(-c2ccc3c(c2)N(C)CC3)nn(-c2cnn(C)c2)c1=O. The van der Waals surface area contributed by atoms with E-state index in [0.29, 0.717) is 24.5 Å². The molecular formula is C21H24N6O3. The van der Waals surface area contributed by atoms with Crippen LogP contribution in [-0.2, 0) is 18.2 Å². The van der Waals surface area contributed by atoms with Crippen LogP contribution in [0.3, 0.4) is 0 Å². The minimum atomic E-state index is -0.500. The molecule has 0 radical (unpaired) electrons. The number of methoxy groups -OCH3 is 1. The van der Waals surface area contributed by atoms with E-state index in [2.05, 4.69) is 32.5 Å². The highest BCUT2D eigenvalue weighted by atomic mass is 16.5. The van der Waals surface area contributed by atoms with Gasteiger partial charge in [0.15, 0.2) is 0 Å². The number of hydrogen-bond donors (Lipinski definition) is 1. The highest BCUT2D eigenvalue weighted by Gasteiger charge is 2.20. The van der Waals surface area contributed by atoms with E-state index in [1.807, 2.05) is 13.1 Å². The van der Waals surface area contributed by atoms with Crippen LogP contribution in [0.25, 0.3) is 16.9 Å². The summed E-state index contributed by atoms with van der Waals surface area (Å²) >= 11 is 0. The highest BCUT2D eigenvalue weighted by Crippen LogP contribution is 2.31. The van der Waals surface area contributed by atoms with Gasteiger partial charge in [-0.15, -0.1) is 0 Å². The number of aryl methyl sites for hydroxylation is 1. The van der Waals surface area contributed by atoms with E-state index >= 15 is 0 Å². The van der Waals surface area contributed by atoms with Crippen LogP contribution in [0.5, 0.6) is 0 Å². The smallest absolute Gasteiger partial charge is 0.284 e. The molecule has 156 valence electrons. The van der Waals surface area contributed by atoms with E-state index < -0.39 is 11.5 Å². The van der Waals surface area contributed by atoms with E-state index in [-0.39, 0.29) is 5.56 Å². The average molecular weight is 408 g/mol. The van der Waals surface area contributed by atoms with Gasteiger partial charge in [-0.25, -0.2) is 0 Å². The van der Waals surface area contributed by atoms with Crippen LogP contribution in [0.4, 0.5) is 5.69 Å². The molecule has 0 atom stereocenters. The number of nitrogens with one attached hydrogen (secondary N) is 1. The summed E-state index contributed by atoms with van der Waals surface area (Å²) in [4.78, 5) is 27.9. The van der Waals surface area contributed by atoms with Crippen molar-refractivity contribution in [1.82, 2.24) is 24.9 Å². The number of nitrogens with zero attached hydrogens (tertiary/aromatic N) is 5. The van der Waals surface area contributed by atoms with E-state index in [0.717, 1.165) is 24.2 Å². The van der Waals surface area contributed by atoms with Crippen molar-refractivity contribution in [1.29, 1.82) is 0 Å². The fraction of sp³-hybridized carbons (Fsp3) is 0.333. The number of likely N-dealkylation sites (N-methyl/N-ethyl adjacent to an activating group) is 1. The molecule has 1 aromatic carbocycles. The Balaban J connectivity index is 1.82. The molecule has 2 aromatic heterocycles. The number of amides is 1. The molecule has 0 bridgehead atoms. The molecule has 9 heteroatoms. The fourth-order valence-electron chi connectivity index (χ4n) is 3.55. The third-order valence-electron chi connectivity index (χ3n) is 5.19. The molecule has 1 amide bonds. The Kier molecular flexibility index (Phi) is 5.37. The Morgan fingerprint density at radius 1 is 1.27 bits per heavy atom. The second-order valence-electron chi connectivity index (χ2n) is 7.30. The number of rotatable bonds is 6. The molecule has 0 saturated heterocycles. The van der Waals surface area contributed by atoms with E-state index in [9.17, 15) is 9.59 Å². The first-order chi connectivity index (χ1) is 14.5. The lowest BCUT2D eigenvalue weighted by Gasteiger charge is -2.14. The van der Waals surface area contributed by atoms with E-state index in [1.54, 1.807) is 37.3 Å². The summed E-state index contributed by atoms with van der Waals surface area (Å²) in [6.45, 7) is 1.63. The second-order valence-corrected chi connectivity index (χ2v) is 7.30. The van der Waals surface area contributed by atoms with Crippen molar-refractivity contribution < 1.29 is 9.53 Å². The Hall–Kier alpha value is -3.46. The van der Waals surface area contributed by atoms with Crippen molar-refractivity contribution >= 4 is 11.6 Å². The van der Waals surface area contributed by atoms with Crippen molar-refractivity contribution in [2.45, 2.75) is 6.42 Å². The molecule has 4 rings (SSSR count). The van der Waals surface area contributed by atoms with E-state index in [1.165, 1.54) is 10.2 Å². The number of aromatic nitrogens is 4. The van der Waals surface area contributed by atoms with Gasteiger partial charge in [-0.05, 0) is 24.1 Å². The third-order valence-corrected chi connectivity index (χ3v) is 5.19. The summed E-state index contributed by atoms with van der Waals surface area (Å²) < 4.78 is 7.78. The number of ether oxygens (including phenoxy) is 1. The minimum absolute atomic E-state index is 0.0220. The lowest BCUT2D eigenvalue weighted by Crippen LogP contribution is -2.35. The molecule has 3 aromatic rings. The topological polar surface area (TPSA) is 94.3 Å². The van der Waals surface area contributed by atoms with Gasteiger partial charge >= 0.3 is 0 Å². The normalized spacial score (nSPS) is 12.8. The molecule has 0 aliphatic carbocycles. The number of anilines is 1. The predicted octanol–water partition coefficient (Wildman–Crippen LogP) is 1.00. The minimum Gasteiger partial charge on any atom is -0.383 e. The standard InChI is InChI=1S/C21H24N6O3/c1-25-8-6-14-4-5-15(10-19(14)25)18-11-17(20(28)22-7-9-30-3)21(29)27(24-18)16-12-23-26(2)13-16/h4-5,10-13H,6-9H2,1-3H3,(H,22,28). The first kappa shape index (κ1) is 19.8. The maximum atomic E-state index is 13.0. The molecule has 9 nitrogen and oxygen atoms in total. The lowest BCUT2D eigenvalue weighted by atomic mass is 10.1. The van der Waals surface area contributed by atoms with Crippen LogP contribution >= 0.6 is 0 Å². The van der Waals surface area contributed by atoms with Crippen LogP contribution in [0.15, 0.2) is 41.5 Å². The van der Waals surface area contributed by atoms with Gasteiger partial charge in [0, 0.05) is 45.5 Å². The molecule has 0 fully saturated rings. The first-order valence-electron chi connectivity index (χ1n) is 9.73. The summed E-state index contributed by atoms with van der Waals surface area (Å²) in [6, 6.07) is 7.65. The maximum absolute atomic E-state index is 13.0. The van der Waals surface area contributed by atoms with Gasteiger partial charge in [0.1, 0.15) is 11.3 Å². The van der Waals surface area contributed by atoms with Crippen molar-refractivity contribution in [2.75, 3.05) is 38.8 Å². The molecule has 0 spiro atoms. The van der Waals surface area contributed by atoms with Gasteiger partial charge in [-0.3, -0.25) is 14.3 Å². The summed E-state index contributed by atoms with van der Waals surface area (Å²) in [6.07, 6.45) is 4.23. The molecule has 3 heterocycles. The Bertz CT molecular complexity index is 1150. The summed E-state index contributed by atoms with van der Waals surface area (Å²) in [7, 11) is 5.36. The number of hydrogen-bond acceptors (Lipinski definition) is 6. The predicted molar refractivity (Wildman–Crippen MR) is 113 cm³/mol. The largest absolute Gasteiger partial charge is 0.383 e. The van der Waals surface area contributed by atoms with Crippen LogP contribution in [0.1, 0.15) is 15.9 Å². The Morgan fingerprint density at radius 3 is 2.83 bits per heavy atom. The Morgan fingerprint density at radius 2 is 2.10 bits per heavy atom. The molecule has 1 aliphatic heterocycles. The quantitative estimate of drug-likeness (QED) is 0.612. The zero-order chi connectivity index (χ0) is 21.3. The van der Waals surface area contributed by atoms with Gasteiger partial charge in [0.25, 0.3) is 11.5 Å². The van der Waals surface area contributed by atoms with E-state index in [4.69, 9.17) is 4.74 Å². The number of carbonyl (C=O) groups is 1. The lowest BCUT2D eigenvalue weighted by molar-refractivity contribution is 0.0935. The van der Waals surface area contributed by atoms with Gasteiger partial charge in [0.05, 0.1) is 24.7 Å². The van der Waals surface area contributed by atoms with Crippen molar-refractivity contribution in [3.8, 4) is 16.9 Å². The summed E-state index contributed by atoms with van der Waals surface area (Å²) in [5, 5.41) is 11.4. The molecule has 1 aliphatic rings. The number of benzene rings is 1. The first-order valence-corrected chi connectivity index (χ1v) is 9.73. The van der Waals surface area contributed by atoms with Crippen LogP contribution in [0, 0.1) is 0 Å². The van der Waals surface area contributed by atoms with Crippen molar-refractivity contribution in [3.05, 3.63) is 58.1 Å². The van der Waals surface area contributed by atoms with Crippen LogP contribution in [-0.4, -0.2) is 59.3 Å². The molecule has 1 N–H and O–H groups in total. The molecule has 0 saturated carbocycles. The van der Waals surface area contributed by atoms with Gasteiger partial charge in [-0.2, -0.15) is 14.9 Å². The van der Waals surface area contributed by atoms with Crippen molar-refractivity contribution in [2.24, 2.45) is 7.05 Å².